The fourth-order valence-corrected chi connectivity index (χ4v) is 2.78. The second-order valence-corrected chi connectivity index (χ2v) is 5.75. The summed E-state index contributed by atoms with van der Waals surface area (Å²) in [7, 11) is 1.73. The van der Waals surface area contributed by atoms with Crippen LogP contribution in [-0.2, 0) is 24.8 Å². The second-order valence-electron chi connectivity index (χ2n) is 5.75. The summed E-state index contributed by atoms with van der Waals surface area (Å²) in [6, 6.07) is 11.2. The average molecular weight is 312 g/mol. The minimum absolute atomic E-state index is 0.000197. The SMILES string of the molecule is Cn1cc2c(cc1=O)CCN(C(=O)CCOc1ccccc1)C2. The molecule has 5 heteroatoms. The van der Waals surface area contributed by atoms with Gasteiger partial charge in [-0.25, -0.2) is 0 Å². The first-order valence-electron chi connectivity index (χ1n) is 7.77. The molecule has 23 heavy (non-hydrogen) atoms. The predicted octanol–water partition coefficient (Wildman–Crippen LogP) is 1.74. The smallest absolute Gasteiger partial charge is 0.250 e. The molecule has 5 nitrogen and oxygen atoms in total. The number of carbonyl (C=O) groups is 1. The van der Waals surface area contributed by atoms with Crippen LogP contribution in [0.1, 0.15) is 17.5 Å². The van der Waals surface area contributed by atoms with Gasteiger partial charge in [0.05, 0.1) is 13.0 Å². The molecule has 1 aromatic heterocycles. The van der Waals surface area contributed by atoms with Crippen LogP contribution in [-0.4, -0.2) is 28.5 Å². The Labute approximate surface area is 135 Å². The molecule has 3 rings (SSSR count). The first kappa shape index (κ1) is 15.3. The zero-order valence-electron chi connectivity index (χ0n) is 13.2. The molecule has 2 aromatic rings. The van der Waals surface area contributed by atoms with Gasteiger partial charge in [-0.2, -0.15) is 0 Å². The van der Waals surface area contributed by atoms with Crippen molar-refractivity contribution in [1.82, 2.24) is 9.47 Å². The van der Waals surface area contributed by atoms with Crippen molar-refractivity contribution in [2.45, 2.75) is 19.4 Å². The lowest BCUT2D eigenvalue weighted by atomic mass is 10.0. The van der Waals surface area contributed by atoms with Crippen molar-refractivity contribution in [2.24, 2.45) is 7.05 Å². The Kier molecular flexibility index (Phi) is 4.46. The molecule has 0 saturated carbocycles. The van der Waals surface area contributed by atoms with Crippen LogP contribution in [0.15, 0.2) is 47.4 Å². The molecule has 0 N–H and O–H groups in total. The number of ether oxygens (including phenoxy) is 1. The Morgan fingerprint density at radius 1 is 1.22 bits per heavy atom. The molecule has 120 valence electrons. The number of hydrogen-bond donors (Lipinski definition) is 0. The van der Waals surface area contributed by atoms with Crippen LogP contribution in [0.25, 0.3) is 0 Å². The van der Waals surface area contributed by atoms with Crippen LogP contribution in [0, 0.1) is 0 Å². The number of nitrogens with zero attached hydrogens (tertiary/aromatic N) is 2. The molecule has 0 bridgehead atoms. The lowest BCUT2D eigenvalue weighted by Gasteiger charge is -2.29. The molecule has 0 fully saturated rings. The summed E-state index contributed by atoms with van der Waals surface area (Å²) < 4.78 is 7.14. The number of fused-ring (bicyclic) bond motifs is 1. The number of benzene rings is 1. The van der Waals surface area contributed by atoms with Crippen molar-refractivity contribution >= 4 is 5.91 Å². The maximum Gasteiger partial charge on any atom is 0.250 e. The van der Waals surface area contributed by atoms with Crippen molar-refractivity contribution < 1.29 is 9.53 Å². The van der Waals surface area contributed by atoms with Crippen LogP contribution in [0.4, 0.5) is 0 Å². The summed E-state index contributed by atoms with van der Waals surface area (Å²) in [5, 5.41) is 0. The topological polar surface area (TPSA) is 51.5 Å². The number of amides is 1. The van der Waals surface area contributed by atoms with E-state index in [0.29, 0.717) is 26.1 Å². The molecule has 0 atom stereocenters. The Bertz CT molecular complexity index is 753. The normalized spacial score (nSPS) is 13.5. The number of hydrogen-bond acceptors (Lipinski definition) is 3. The van der Waals surface area contributed by atoms with E-state index < -0.39 is 0 Å². The Hall–Kier alpha value is -2.56. The van der Waals surface area contributed by atoms with E-state index in [1.54, 1.807) is 17.7 Å². The highest BCUT2D eigenvalue weighted by Crippen LogP contribution is 2.18. The van der Waals surface area contributed by atoms with Gasteiger partial charge < -0.3 is 14.2 Å². The summed E-state index contributed by atoms with van der Waals surface area (Å²) in [6.45, 7) is 1.59. The molecule has 0 radical (unpaired) electrons. The van der Waals surface area contributed by atoms with E-state index in [4.69, 9.17) is 4.74 Å². The highest BCUT2D eigenvalue weighted by molar-refractivity contribution is 5.76. The number of para-hydroxylation sites is 1. The molecule has 0 aliphatic carbocycles. The molecule has 0 saturated heterocycles. The molecule has 1 aromatic carbocycles. The Morgan fingerprint density at radius 3 is 2.78 bits per heavy atom. The summed E-state index contributed by atoms with van der Waals surface area (Å²) in [6.07, 6.45) is 2.92. The molecule has 1 aliphatic rings. The second kappa shape index (κ2) is 6.69. The predicted molar refractivity (Wildman–Crippen MR) is 87.4 cm³/mol. The van der Waals surface area contributed by atoms with E-state index in [0.717, 1.165) is 23.3 Å². The summed E-state index contributed by atoms with van der Waals surface area (Å²) in [4.78, 5) is 25.8. The van der Waals surface area contributed by atoms with E-state index in [9.17, 15) is 9.59 Å². The quantitative estimate of drug-likeness (QED) is 0.864. The largest absolute Gasteiger partial charge is 0.493 e. The minimum atomic E-state index is -0.000197. The van der Waals surface area contributed by atoms with Crippen molar-refractivity contribution in [3.63, 3.8) is 0 Å². The molecule has 1 amide bonds. The summed E-state index contributed by atoms with van der Waals surface area (Å²) in [5.74, 6) is 0.861. The maximum atomic E-state index is 12.3. The first-order chi connectivity index (χ1) is 11.1. The molecule has 0 unspecified atom stereocenters. The lowest BCUT2D eigenvalue weighted by molar-refractivity contribution is -0.132. The molecular weight excluding hydrogens is 292 g/mol. The van der Waals surface area contributed by atoms with Gasteiger partial charge in [-0.3, -0.25) is 9.59 Å². The zero-order chi connectivity index (χ0) is 16.2. The summed E-state index contributed by atoms with van der Waals surface area (Å²) >= 11 is 0. The van der Waals surface area contributed by atoms with Crippen molar-refractivity contribution in [3.8, 4) is 5.75 Å². The van der Waals surface area contributed by atoms with Gasteiger partial charge in [0, 0.05) is 32.4 Å². The molecular formula is C18H20N2O3. The fraction of sp³-hybridized carbons (Fsp3) is 0.333. The molecule has 1 aliphatic heterocycles. The van der Waals surface area contributed by atoms with E-state index in [2.05, 4.69) is 0 Å². The van der Waals surface area contributed by atoms with E-state index in [-0.39, 0.29) is 11.5 Å². The van der Waals surface area contributed by atoms with Gasteiger partial charge in [-0.15, -0.1) is 0 Å². The van der Waals surface area contributed by atoms with Crippen LogP contribution in [0.2, 0.25) is 0 Å². The van der Waals surface area contributed by atoms with Crippen molar-refractivity contribution in [2.75, 3.05) is 13.2 Å². The van der Waals surface area contributed by atoms with Gasteiger partial charge >= 0.3 is 0 Å². The van der Waals surface area contributed by atoms with E-state index in [1.165, 1.54) is 0 Å². The Balaban J connectivity index is 1.56. The van der Waals surface area contributed by atoms with E-state index >= 15 is 0 Å². The molecule has 0 spiro atoms. The van der Waals surface area contributed by atoms with Gasteiger partial charge in [-0.05, 0) is 29.7 Å². The van der Waals surface area contributed by atoms with Gasteiger partial charge in [0.2, 0.25) is 5.91 Å². The third-order valence-corrected chi connectivity index (χ3v) is 4.10. The maximum absolute atomic E-state index is 12.3. The van der Waals surface area contributed by atoms with Crippen LogP contribution in [0.3, 0.4) is 0 Å². The highest BCUT2D eigenvalue weighted by atomic mass is 16.5. The first-order valence-corrected chi connectivity index (χ1v) is 7.77. The van der Waals surface area contributed by atoms with Gasteiger partial charge in [0.25, 0.3) is 5.56 Å². The Morgan fingerprint density at radius 2 is 2.00 bits per heavy atom. The van der Waals surface area contributed by atoms with Gasteiger partial charge in [-0.1, -0.05) is 18.2 Å². The van der Waals surface area contributed by atoms with Crippen molar-refractivity contribution in [3.05, 3.63) is 64.1 Å². The van der Waals surface area contributed by atoms with Gasteiger partial charge in [0.1, 0.15) is 5.75 Å². The van der Waals surface area contributed by atoms with Crippen LogP contribution in [0.5, 0.6) is 5.75 Å². The van der Waals surface area contributed by atoms with Crippen LogP contribution < -0.4 is 10.3 Å². The zero-order valence-corrected chi connectivity index (χ0v) is 13.2. The molecule has 2 heterocycles. The minimum Gasteiger partial charge on any atom is -0.493 e. The monoisotopic (exact) mass is 312 g/mol. The average Bonchev–Trinajstić information content (AvgIpc) is 2.56. The van der Waals surface area contributed by atoms with E-state index in [1.807, 2.05) is 41.4 Å². The number of carbonyl (C=O) groups excluding carboxylic acids is 1. The third kappa shape index (κ3) is 3.62. The number of aromatic nitrogens is 1. The number of aryl methyl sites for hydroxylation is 1. The number of pyridine rings is 1. The summed E-state index contributed by atoms with van der Waals surface area (Å²) in [5.41, 5.74) is 2.10. The highest BCUT2D eigenvalue weighted by Gasteiger charge is 2.21. The number of rotatable bonds is 4. The van der Waals surface area contributed by atoms with Crippen LogP contribution >= 0.6 is 0 Å². The standard InChI is InChI=1S/C18H20N2O3/c1-19-12-15-13-20(9-7-14(15)11-18(19)22)17(21)8-10-23-16-5-3-2-4-6-16/h2-6,11-12H,7-10,13H2,1H3. The van der Waals surface area contributed by atoms with Crippen molar-refractivity contribution in [1.29, 1.82) is 0 Å². The third-order valence-electron chi connectivity index (χ3n) is 4.10. The lowest BCUT2D eigenvalue weighted by Crippen LogP contribution is -2.37. The fourth-order valence-electron chi connectivity index (χ4n) is 2.78. The van der Waals surface area contributed by atoms with Gasteiger partial charge in [0.15, 0.2) is 0 Å².